The number of hydrogen-bond acceptors (Lipinski definition) is 3. The monoisotopic (exact) mass is 248 g/mol. The molecule has 0 spiro atoms. The van der Waals surface area contributed by atoms with Gasteiger partial charge in [-0.2, -0.15) is 0 Å². The molecule has 1 fully saturated rings. The second-order valence-electron chi connectivity index (χ2n) is 4.59. The molecule has 1 amide bonds. The summed E-state index contributed by atoms with van der Waals surface area (Å²) in [7, 11) is 0. The maximum absolute atomic E-state index is 11.7. The van der Waals surface area contributed by atoms with Crippen molar-refractivity contribution in [2.75, 3.05) is 19.7 Å². The molecule has 0 saturated carbocycles. The SMILES string of the molecule is NC1CCCN(CCCOc2ccccc2)C1=O. The maximum atomic E-state index is 11.7. The van der Waals surface area contributed by atoms with E-state index in [1.165, 1.54) is 0 Å². The average molecular weight is 248 g/mol. The van der Waals surface area contributed by atoms with Gasteiger partial charge < -0.3 is 15.4 Å². The Morgan fingerprint density at radius 2 is 2.11 bits per heavy atom. The highest BCUT2D eigenvalue weighted by molar-refractivity contribution is 5.82. The number of benzene rings is 1. The van der Waals surface area contributed by atoms with E-state index in [1.54, 1.807) is 0 Å². The van der Waals surface area contributed by atoms with Crippen LogP contribution in [0.25, 0.3) is 0 Å². The van der Waals surface area contributed by atoms with E-state index in [1.807, 2.05) is 35.2 Å². The Balaban J connectivity index is 1.68. The van der Waals surface area contributed by atoms with Crippen LogP contribution in [0.1, 0.15) is 19.3 Å². The third-order valence-corrected chi connectivity index (χ3v) is 3.16. The number of amides is 1. The Morgan fingerprint density at radius 1 is 1.33 bits per heavy atom. The zero-order chi connectivity index (χ0) is 12.8. The lowest BCUT2D eigenvalue weighted by molar-refractivity contribution is -0.135. The van der Waals surface area contributed by atoms with Gasteiger partial charge >= 0.3 is 0 Å². The number of para-hydroxylation sites is 1. The number of carbonyl (C=O) groups is 1. The highest BCUT2D eigenvalue weighted by Gasteiger charge is 2.24. The molecule has 1 heterocycles. The van der Waals surface area contributed by atoms with E-state index in [0.29, 0.717) is 6.61 Å². The van der Waals surface area contributed by atoms with Crippen LogP contribution >= 0.6 is 0 Å². The van der Waals surface area contributed by atoms with Crippen molar-refractivity contribution >= 4 is 5.91 Å². The Labute approximate surface area is 108 Å². The molecule has 1 unspecified atom stereocenters. The summed E-state index contributed by atoms with van der Waals surface area (Å²) in [6.07, 6.45) is 2.66. The summed E-state index contributed by atoms with van der Waals surface area (Å²) in [5, 5.41) is 0. The molecule has 2 rings (SSSR count). The first-order chi connectivity index (χ1) is 8.77. The van der Waals surface area contributed by atoms with E-state index in [9.17, 15) is 4.79 Å². The van der Waals surface area contributed by atoms with Gasteiger partial charge in [-0.15, -0.1) is 0 Å². The second-order valence-corrected chi connectivity index (χ2v) is 4.59. The topological polar surface area (TPSA) is 55.6 Å². The highest BCUT2D eigenvalue weighted by atomic mass is 16.5. The minimum atomic E-state index is -0.297. The van der Waals surface area contributed by atoms with E-state index in [0.717, 1.165) is 38.1 Å². The van der Waals surface area contributed by atoms with Gasteiger partial charge in [0.15, 0.2) is 0 Å². The number of piperidine rings is 1. The Hall–Kier alpha value is -1.55. The summed E-state index contributed by atoms with van der Waals surface area (Å²) in [5.41, 5.74) is 5.74. The molecule has 1 aromatic carbocycles. The summed E-state index contributed by atoms with van der Waals surface area (Å²) >= 11 is 0. The van der Waals surface area contributed by atoms with Gasteiger partial charge in [0, 0.05) is 13.1 Å². The summed E-state index contributed by atoms with van der Waals surface area (Å²) in [6, 6.07) is 9.42. The molecule has 1 aliphatic heterocycles. The Bertz CT molecular complexity index is 381. The first kappa shape index (κ1) is 12.9. The van der Waals surface area contributed by atoms with Crippen LogP contribution in [0.15, 0.2) is 30.3 Å². The van der Waals surface area contributed by atoms with Crippen molar-refractivity contribution in [2.45, 2.75) is 25.3 Å². The standard InChI is InChI=1S/C14H20N2O2/c15-13-8-4-9-16(14(13)17)10-5-11-18-12-6-2-1-3-7-12/h1-3,6-7,13H,4-5,8-11,15H2. The summed E-state index contributed by atoms with van der Waals surface area (Å²) < 4.78 is 5.59. The molecule has 1 saturated heterocycles. The predicted molar refractivity (Wildman–Crippen MR) is 70.3 cm³/mol. The van der Waals surface area contributed by atoms with Crippen molar-refractivity contribution in [3.8, 4) is 5.75 Å². The number of ether oxygens (including phenoxy) is 1. The minimum Gasteiger partial charge on any atom is -0.494 e. The lowest BCUT2D eigenvalue weighted by Crippen LogP contribution is -2.48. The summed E-state index contributed by atoms with van der Waals surface area (Å²) in [5.74, 6) is 0.958. The van der Waals surface area contributed by atoms with Crippen LogP contribution in [0.5, 0.6) is 5.75 Å². The Kier molecular flexibility index (Phi) is 4.59. The van der Waals surface area contributed by atoms with Crippen LogP contribution in [0.4, 0.5) is 0 Å². The molecule has 2 N–H and O–H groups in total. The highest BCUT2D eigenvalue weighted by Crippen LogP contribution is 2.11. The molecular weight excluding hydrogens is 228 g/mol. The first-order valence-electron chi connectivity index (χ1n) is 6.49. The van der Waals surface area contributed by atoms with Crippen molar-refractivity contribution in [1.29, 1.82) is 0 Å². The van der Waals surface area contributed by atoms with Gasteiger partial charge in [-0.1, -0.05) is 18.2 Å². The molecular formula is C14H20N2O2. The van der Waals surface area contributed by atoms with E-state index in [-0.39, 0.29) is 11.9 Å². The zero-order valence-corrected chi connectivity index (χ0v) is 10.5. The summed E-state index contributed by atoms with van der Waals surface area (Å²) in [4.78, 5) is 13.6. The molecule has 0 radical (unpaired) electrons. The van der Waals surface area contributed by atoms with Gasteiger partial charge in [0.25, 0.3) is 0 Å². The largest absolute Gasteiger partial charge is 0.494 e. The molecule has 4 heteroatoms. The first-order valence-corrected chi connectivity index (χ1v) is 6.49. The second kappa shape index (κ2) is 6.40. The number of rotatable bonds is 5. The van der Waals surface area contributed by atoms with Crippen molar-refractivity contribution in [3.05, 3.63) is 30.3 Å². The molecule has 1 atom stereocenters. The molecule has 1 aliphatic rings. The van der Waals surface area contributed by atoms with Crippen LogP contribution in [0, 0.1) is 0 Å². The molecule has 98 valence electrons. The van der Waals surface area contributed by atoms with E-state index >= 15 is 0 Å². The molecule has 0 aliphatic carbocycles. The fourth-order valence-corrected chi connectivity index (χ4v) is 2.15. The number of carbonyl (C=O) groups excluding carboxylic acids is 1. The average Bonchev–Trinajstić information content (AvgIpc) is 2.40. The molecule has 0 bridgehead atoms. The zero-order valence-electron chi connectivity index (χ0n) is 10.5. The van der Waals surface area contributed by atoms with E-state index in [4.69, 9.17) is 10.5 Å². The maximum Gasteiger partial charge on any atom is 0.239 e. The van der Waals surface area contributed by atoms with E-state index in [2.05, 4.69) is 0 Å². The minimum absolute atomic E-state index is 0.0842. The summed E-state index contributed by atoms with van der Waals surface area (Å²) in [6.45, 7) is 2.19. The van der Waals surface area contributed by atoms with Crippen molar-refractivity contribution in [3.63, 3.8) is 0 Å². The van der Waals surface area contributed by atoms with Crippen molar-refractivity contribution < 1.29 is 9.53 Å². The fraction of sp³-hybridized carbons (Fsp3) is 0.500. The normalized spacial score (nSPS) is 19.9. The fourth-order valence-electron chi connectivity index (χ4n) is 2.15. The number of nitrogens with two attached hydrogens (primary N) is 1. The lowest BCUT2D eigenvalue weighted by Gasteiger charge is -2.30. The Morgan fingerprint density at radius 3 is 2.89 bits per heavy atom. The molecule has 1 aromatic rings. The third-order valence-electron chi connectivity index (χ3n) is 3.16. The number of nitrogens with zero attached hydrogens (tertiary/aromatic N) is 1. The van der Waals surface area contributed by atoms with Crippen LogP contribution in [0.2, 0.25) is 0 Å². The van der Waals surface area contributed by atoms with Gasteiger partial charge in [-0.25, -0.2) is 0 Å². The van der Waals surface area contributed by atoms with Gasteiger partial charge in [-0.05, 0) is 31.4 Å². The van der Waals surface area contributed by atoms with Crippen LogP contribution < -0.4 is 10.5 Å². The van der Waals surface area contributed by atoms with Gasteiger partial charge in [0.05, 0.1) is 12.6 Å². The number of hydrogen-bond donors (Lipinski definition) is 1. The number of likely N-dealkylation sites (tertiary alicyclic amines) is 1. The lowest BCUT2D eigenvalue weighted by atomic mass is 10.1. The smallest absolute Gasteiger partial charge is 0.239 e. The van der Waals surface area contributed by atoms with Crippen molar-refractivity contribution in [1.82, 2.24) is 4.90 Å². The van der Waals surface area contributed by atoms with E-state index < -0.39 is 0 Å². The van der Waals surface area contributed by atoms with Gasteiger partial charge in [0.1, 0.15) is 5.75 Å². The van der Waals surface area contributed by atoms with Crippen LogP contribution in [0.3, 0.4) is 0 Å². The quantitative estimate of drug-likeness (QED) is 0.801. The van der Waals surface area contributed by atoms with Crippen LogP contribution in [-0.2, 0) is 4.79 Å². The predicted octanol–water partition coefficient (Wildman–Crippen LogP) is 1.41. The van der Waals surface area contributed by atoms with Gasteiger partial charge in [-0.3, -0.25) is 4.79 Å². The van der Waals surface area contributed by atoms with Crippen LogP contribution in [-0.4, -0.2) is 36.5 Å². The van der Waals surface area contributed by atoms with Crippen molar-refractivity contribution in [2.24, 2.45) is 5.73 Å². The molecule has 4 nitrogen and oxygen atoms in total. The molecule has 0 aromatic heterocycles. The molecule has 18 heavy (non-hydrogen) atoms. The third kappa shape index (κ3) is 3.47. The van der Waals surface area contributed by atoms with Gasteiger partial charge in [0.2, 0.25) is 5.91 Å².